The third-order valence-electron chi connectivity index (χ3n) is 1.92. The molecular weight excluding hydrogens is 168 g/mol. The fourth-order valence-electron chi connectivity index (χ4n) is 1.01. The average molecular weight is 188 g/mol. The van der Waals surface area contributed by atoms with Crippen LogP contribution in [0.15, 0.2) is 0 Å². The number of hydrogen-bond acceptors (Lipinski definition) is 2. The zero-order valence-electron chi connectivity index (χ0n) is 8.43. The van der Waals surface area contributed by atoms with Gasteiger partial charge in [-0.05, 0) is 24.9 Å². The molecule has 0 saturated heterocycles. The van der Waals surface area contributed by atoms with Crippen LogP contribution in [-0.2, 0) is 4.79 Å². The van der Waals surface area contributed by atoms with Crippen molar-refractivity contribution >= 4 is 17.5 Å². The highest BCUT2D eigenvalue weighted by atomic mass is 32.2. The third kappa shape index (κ3) is 6.71. The molecule has 0 amide bonds. The molecule has 0 aromatic heterocycles. The van der Waals surface area contributed by atoms with Gasteiger partial charge < -0.3 is 0 Å². The van der Waals surface area contributed by atoms with Crippen molar-refractivity contribution in [3.05, 3.63) is 0 Å². The van der Waals surface area contributed by atoms with Crippen LogP contribution < -0.4 is 0 Å². The number of rotatable bonds is 7. The number of carbonyl (C=O) groups excluding carboxylic acids is 1. The van der Waals surface area contributed by atoms with E-state index in [1.165, 1.54) is 18.6 Å². The van der Waals surface area contributed by atoms with Crippen molar-refractivity contribution in [2.75, 3.05) is 12.0 Å². The minimum atomic E-state index is 0.227. The second-order valence-electron chi connectivity index (χ2n) is 3.42. The summed E-state index contributed by atoms with van der Waals surface area (Å²) in [6.45, 7) is 3.95. The van der Waals surface area contributed by atoms with Crippen LogP contribution >= 0.6 is 11.8 Å². The Kier molecular flexibility index (Phi) is 7.67. The van der Waals surface area contributed by atoms with Crippen molar-refractivity contribution < 1.29 is 4.79 Å². The average Bonchev–Trinajstić information content (AvgIpc) is 2.03. The monoisotopic (exact) mass is 188 g/mol. The molecule has 0 rings (SSSR count). The lowest BCUT2D eigenvalue weighted by molar-refractivity contribution is -0.122. The molecule has 72 valence electrons. The summed E-state index contributed by atoms with van der Waals surface area (Å²) in [5.41, 5.74) is 0. The molecule has 0 radical (unpaired) electrons. The lowest BCUT2D eigenvalue weighted by Crippen LogP contribution is -2.06. The highest BCUT2D eigenvalue weighted by Gasteiger charge is 2.05. The van der Waals surface area contributed by atoms with E-state index in [1.54, 1.807) is 0 Å². The Hall–Kier alpha value is 0.0200. The maximum Gasteiger partial charge on any atom is 0.135 e. The van der Waals surface area contributed by atoms with Gasteiger partial charge in [0.15, 0.2) is 0 Å². The quantitative estimate of drug-likeness (QED) is 0.571. The van der Waals surface area contributed by atoms with E-state index >= 15 is 0 Å². The largest absolute Gasteiger partial charge is 0.299 e. The van der Waals surface area contributed by atoms with Crippen molar-refractivity contribution in [3.8, 4) is 0 Å². The van der Waals surface area contributed by atoms with E-state index in [1.807, 2.05) is 25.6 Å². The Morgan fingerprint density at radius 1 is 1.25 bits per heavy atom. The van der Waals surface area contributed by atoms with E-state index in [0.717, 1.165) is 12.8 Å². The summed E-state index contributed by atoms with van der Waals surface area (Å²) in [6.07, 6.45) is 6.45. The molecule has 0 aliphatic heterocycles. The fraction of sp³-hybridized carbons (Fsp3) is 0.900. The van der Waals surface area contributed by atoms with Crippen molar-refractivity contribution in [2.24, 2.45) is 5.92 Å². The second kappa shape index (κ2) is 7.66. The van der Waals surface area contributed by atoms with Crippen molar-refractivity contribution in [3.63, 3.8) is 0 Å². The zero-order chi connectivity index (χ0) is 9.40. The van der Waals surface area contributed by atoms with Crippen molar-refractivity contribution in [1.29, 1.82) is 0 Å². The summed E-state index contributed by atoms with van der Waals surface area (Å²) in [6, 6.07) is 0. The molecule has 1 nitrogen and oxygen atoms in total. The van der Waals surface area contributed by atoms with Gasteiger partial charge in [-0.1, -0.05) is 20.3 Å². The third-order valence-corrected chi connectivity index (χ3v) is 2.61. The molecule has 0 aliphatic rings. The van der Waals surface area contributed by atoms with Crippen molar-refractivity contribution in [1.82, 2.24) is 0 Å². The van der Waals surface area contributed by atoms with E-state index in [-0.39, 0.29) is 5.92 Å². The highest BCUT2D eigenvalue weighted by molar-refractivity contribution is 7.98. The zero-order valence-corrected chi connectivity index (χ0v) is 9.25. The van der Waals surface area contributed by atoms with Gasteiger partial charge in [0, 0.05) is 12.3 Å². The Labute approximate surface area is 80.3 Å². The summed E-state index contributed by atoms with van der Waals surface area (Å²) in [7, 11) is 0. The molecule has 0 saturated carbocycles. The minimum Gasteiger partial charge on any atom is -0.299 e. The first-order chi connectivity index (χ1) is 5.68. The second-order valence-corrected chi connectivity index (χ2v) is 4.41. The number of hydrogen-bond donors (Lipinski definition) is 0. The Morgan fingerprint density at radius 3 is 2.42 bits per heavy atom. The smallest absolute Gasteiger partial charge is 0.135 e. The Morgan fingerprint density at radius 2 is 1.92 bits per heavy atom. The summed E-state index contributed by atoms with van der Waals surface area (Å²) in [4.78, 5) is 11.2. The summed E-state index contributed by atoms with van der Waals surface area (Å²) in [5, 5.41) is 0. The molecule has 0 unspecified atom stereocenters. The molecule has 0 spiro atoms. The van der Waals surface area contributed by atoms with Gasteiger partial charge in [0.25, 0.3) is 0 Å². The molecule has 0 aromatic rings. The van der Waals surface area contributed by atoms with Gasteiger partial charge in [0.2, 0.25) is 0 Å². The topological polar surface area (TPSA) is 17.1 Å². The molecular formula is C10H20OS. The Balaban J connectivity index is 3.14. The number of unbranched alkanes of at least 4 members (excludes halogenated alkanes) is 2. The van der Waals surface area contributed by atoms with Crippen LogP contribution in [0.4, 0.5) is 0 Å². The molecule has 2 heteroatoms. The van der Waals surface area contributed by atoms with Crippen LogP contribution in [0.1, 0.15) is 39.5 Å². The molecule has 0 N–H and O–H groups in total. The van der Waals surface area contributed by atoms with Gasteiger partial charge in [-0.25, -0.2) is 0 Å². The molecule has 12 heavy (non-hydrogen) atoms. The summed E-state index contributed by atoms with van der Waals surface area (Å²) in [5.74, 6) is 1.88. The normalized spacial score (nSPS) is 10.7. The summed E-state index contributed by atoms with van der Waals surface area (Å²) < 4.78 is 0. The van der Waals surface area contributed by atoms with E-state index in [0.29, 0.717) is 5.78 Å². The molecule has 0 atom stereocenters. The van der Waals surface area contributed by atoms with Gasteiger partial charge in [-0.2, -0.15) is 11.8 Å². The van der Waals surface area contributed by atoms with Gasteiger partial charge >= 0.3 is 0 Å². The van der Waals surface area contributed by atoms with Gasteiger partial charge in [0.1, 0.15) is 5.78 Å². The standard InChI is InChI=1S/C10H20OS/c1-9(2)10(11)7-5-4-6-8-12-3/h9H,4-8H2,1-3H3. The Bertz CT molecular complexity index is 121. The number of thioether (sulfide) groups is 1. The van der Waals surface area contributed by atoms with Crippen LogP contribution in [0.25, 0.3) is 0 Å². The maximum absolute atomic E-state index is 11.2. The maximum atomic E-state index is 11.2. The first-order valence-electron chi connectivity index (χ1n) is 4.70. The summed E-state index contributed by atoms with van der Waals surface area (Å²) >= 11 is 1.88. The minimum absolute atomic E-state index is 0.227. The number of Topliss-reactive ketones (excluding diaryl/α,β-unsaturated/α-hetero) is 1. The van der Waals surface area contributed by atoms with Crippen LogP contribution in [0.5, 0.6) is 0 Å². The van der Waals surface area contributed by atoms with Crippen LogP contribution in [0, 0.1) is 5.92 Å². The predicted molar refractivity (Wildman–Crippen MR) is 56.7 cm³/mol. The number of carbonyl (C=O) groups is 1. The molecule has 0 bridgehead atoms. The molecule has 0 fully saturated rings. The van der Waals surface area contributed by atoms with E-state index in [9.17, 15) is 4.79 Å². The van der Waals surface area contributed by atoms with Crippen LogP contribution in [0.3, 0.4) is 0 Å². The highest BCUT2D eigenvalue weighted by Crippen LogP contribution is 2.07. The first kappa shape index (κ1) is 12.0. The van der Waals surface area contributed by atoms with Gasteiger partial charge in [0.05, 0.1) is 0 Å². The van der Waals surface area contributed by atoms with Crippen molar-refractivity contribution in [2.45, 2.75) is 39.5 Å². The number of ketones is 1. The predicted octanol–water partition coefficient (Wildman–Crippen LogP) is 3.13. The van der Waals surface area contributed by atoms with E-state index in [4.69, 9.17) is 0 Å². The van der Waals surface area contributed by atoms with Gasteiger partial charge in [-0.15, -0.1) is 0 Å². The van der Waals surface area contributed by atoms with Crippen LogP contribution in [0.2, 0.25) is 0 Å². The molecule has 0 aromatic carbocycles. The molecule has 0 aliphatic carbocycles. The molecule has 0 heterocycles. The van der Waals surface area contributed by atoms with E-state index < -0.39 is 0 Å². The van der Waals surface area contributed by atoms with E-state index in [2.05, 4.69) is 6.26 Å². The SMILES string of the molecule is CSCCCCCC(=O)C(C)C. The van der Waals surface area contributed by atoms with Crippen LogP contribution in [-0.4, -0.2) is 17.8 Å². The van der Waals surface area contributed by atoms with Gasteiger partial charge in [-0.3, -0.25) is 4.79 Å². The lowest BCUT2D eigenvalue weighted by Gasteiger charge is -2.02. The fourth-order valence-corrected chi connectivity index (χ4v) is 1.50. The first-order valence-corrected chi connectivity index (χ1v) is 6.09. The lowest BCUT2D eigenvalue weighted by atomic mass is 10.0.